The van der Waals surface area contributed by atoms with Crippen molar-refractivity contribution in [3.63, 3.8) is 0 Å². The van der Waals surface area contributed by atoms with E-state index in [4.69, 9.17) is 5.73 Å². The first-order chi connectivity index (χ1) is 9.20. The Balaban J connectivity index is 1.74. The van der Waals surface area contributed by atoms with Crippen LogP contribution in [0.4, 0.5) is 5.69 Å². The van der Waals surface area contributed by atoms with E-state index in [1.54, 1.807) is 0 Å². The number of thiophene rings is 1. The third-order valence-corrected chi connectivity index (χ3v) is 4.69. The second-order valence-electron chi connectivity index (χ2n) is 5.11. The number of halogens is 1. The van der Waals surface area contributed by atoms with Gasteiger partial charge in [-0.1, -0.05) is 22.0 Å². The van der Waals surface area contributed by atoms with E-state index in [-0.39, 0.29) is 0 Å². The second kappa shape index (κ2) is 5.65. The molecule has 19 heavy (non-hydrogen) atoms. The third kappa shape index (κ3) is 3.59. The Labute approximate surface area is 126 Å². The first kappa shape index (κ1) is 13.2. The molecule has 0 amide bonds. The summed E-state index contributed by atoms with van der Waals surface area (Å²) in [6.45, 7) is 2.03. The molecule has 0 radical (unpaired) electrons. The van der Waals surface area contributed by atoms with Crippen LogP contribution >= 0.6 is 27.3 Å². The van der Waals surface area contributed by atoms with Gasteiger partial charge in [0.25, 0.3) is 0 Å². The molecule has 1 aromatic carbocycles. The zero-order valence-corrected chi connectivity index (χ0v) is 13.1. The molecule has 0 aliphatic heterocycles. The highest BCUT2D eigenvalue weighted by Gasteiger charge is 2.29. The van der Waals surface area contributed by atoms with E-state index in [1.807, 2.05) is 17.4 Å². The summed E-state index contributed by atoms with van der Waals surface area (Å²) in [6.07, 6.45) is 2.66. The molecule has 0 unspecified atom stereocenters. The maximum absolute atomic E-state index is 5.92. The molecule has 1 aromatic heterocycles. The molecule has 1 aliphatic carbocycles. The predicted octanol–water partition coefficient (Wildman–Crippen LogP) is 4.26. The molecule has 4 heteroatoms. The van der Waals surface area contributed by atoms with Crippen LogP contribution in [-0.4, -0.2) is 10.9 Å². The fourth-order valence-corrected chi connectivity index (χ4v) is 3.65. The first-order valence-electron chi connectivity index (χ1n) is 6.52. The van der Waals surface area contributed by atoms with Crippen molar-refractivity contribution in [3.05, 3.63) is 50.6 Å². The standard InChI is InChI=1S/C15H17BrN2S/c16-12-6-11(7-13(17)8-12)9-18(14-3-4-14)10-15-2-1-5-19-15/h1-2,5-8,14H,3-4,9-10,17H2. The average Bonchev–Trinajstić information content (AvgIpc) is 3.06. The largest absolute Gasteiger partial charge is 0.399 e. The molecule has 1 aliphatic rings. The maximum Gasteiger partial charge on any atom is 0.0334 e. The first-order valence-corrected chi connectivity index (χ1v) is 8.19. The number of nitrogens with two attached hydrogens (primary N) is 1. The highest BCUT2D eigenvalue weighted by Crippen LogP contribution is 2.31. The topological polar surface area (TPSA) is 29.3 Å². The van der Waals surface area contributed by atoms with E-state index in [0.29, 0.717) is 0 Å². The summed E-state index contributed by atoms with van der Waals surface area (Å²) >= 11 is 5.36. The predicted molar refractivity (Wildman–Crippen MR) is 85.1 cm³/mol. The van der Waals surface area contributed by atoms with Gasteiger partial charge in [0.15, 0.2) is 0 Å². The molecule has 1 heterocycles. The summed E-state index contributed by atoms with van der Waals surface area (Å²) in [5.41, 5.74) is 8.03. The molecule has 1 fully saturated rings. The van der Waals surface area contributed by atoms with Gasteiger partial charge in [-0.05, 0) is 48.1 Å². The summed E-state index contributed by atoms with van der Waals surface area (Å²) < 4.78 is 1.06. The van der Waals surface area contributed by atoms with Gasteiger partial charge in [0.05, 0.1) is 0 Å². The number of benzene rings is 1. The summed E-state index contributed by atoms with van der Waals surface area (Å²) in [5.74, 6) is 0. The van der Waals surface area contributed by atoms with E-state index < -0.39 is 0 Å². The zero-order chi connectivity index (χ0) is 13.2. The Hall–Kier alpha value is -0.840. The molecular formula is C15H17BrN2S. The van der Waals surface area contributed by atoms with Gasteiger partial charge in [-0.2, -0.15) is 0 Å². The van der Waals surface area contributed by atoms with Crippen LogP contribution in [0.2, 0.25) is 0 Å². The Morgan fingerprint density at radius 3 is 2.74 bits per heavy atom. The lowest BCUT2D eigenvalue weighted by Crippen LogP contribution is -2.24. The average molecular weight is 337 g/mol. The molecule has 1 saturated carbocycles. The smallest absolute Gasteiger partial charge is 0.0334 e. The van der Waals surface area contributed by atoms with E-state index >= 15 is 0 Å². The Bertz CT molecular complexity index is 529. The van der Waals surface area contributed by atoms with Gasteiger partial charge in [-0.3, -0.25) is 4.90 Å². The Morgan fingerprint density at radius 1 is 1.26 bits per heavy atom. The summed E-state index contributed by atoms with van der Waals surface area (Å²) in [7, 11) is 0. The van der Waals surface area contributed by atoms with E-state index in [9.17, 15) is 0 Å². The van der Waals surface area contributed by atoms with Gasteiger partial charge < -0.3 is 5.73 Å². The maximum atomic E-state index is 5.92. The van der Waals surface area contributed by atoms with Crippen molar-refractivity contribution in [2.24, 2.45) is 0 Å². The van der Waals surface area contributed by atoms with Crippen molar-refractivity contribution >= 4 is 33.0 Å². The molecule has 100 valence electrons. The number of anilines is 1. The zero-order valence-electron chi connectivity index (χ0n) is 10.7. The molecule has 3 rings (SSSR count). The van der Waals surface area contributed by atoms with E-state index in [2.05, 4.69) is 50.5 Å². The summed E-state index contributed by atoms with van der Waals surface area (Å²) in [6, 6.07) is 11.3. The highest BCUT2D eigenvalue weighted by atomic mass is 79.9. The van der Waals surface area contributed by atoms with Crippen LogP contribution in [-0.2, 0) is 13.1 Å². The van der Waals surface area contributed by atoms with Gasteiger partial charge in [0, 0.05) is 34.2 Å². The molecule has 2 nitrogen and oxygen atoms in total. The van der Waals surface area contributed by atoms with Crippen molar-refractivity contribution in [2.75, 3.05) is 5.73 Å². The van der Waals surface area contributed by atoms with Crippen LogP contribution in [0.5, 0.6) is 0 Å². The van der Waals surface area contributed by atoms with E-state index in [0.717, 1.165) is 29.3 Å². The van der Waals surface area contributed by atoms with Crippen LogP contribution in [0.15, 0.2) is 40.2 Å². The third-order valence-electron chi connectivity index (χ3n) is 3.37. The van der Waals surface area contributed by atoms with Crippen molar-refractivity contribution in [1.82, 2.24) is 4.90 Å². The number of nitrogen functional groups attached to an aromatic ring is 1. The fraction of sp³-hybridized carbons (Fsp3) is 0.333. The molecular weight excluding hydrogens is 320 g/mol. The normalized spacial score (nSPS) is 15.1. The van der Waals surface area contributed by atoms with Crippen molar-refractivity contribution in [2.45, 2.75) is 32.0 Å². The molecule has 0 bridgehead atoms. The molecule has 2 N–H and O–H groups in total. The lowest BCUT2D eigenvalue weighted by molar-refractivity contribution is 0.248. The van der Waals surface area contributed by atoms with Gasteiger partial charge in [0.2, 0.25) is 0 Å². The van der Waals surface area contributed by atoms with Gasteiger partial charge in [-0.25, -0.2) is 0 Å². The SMILES string of the molecule is Nc1cc(Br)cc(CN(Cc2cccs2)C2CC2)c1. The Kier molecular flexibility index (Phi) is 3.91. The lowest BCUT2D eigenvalue weighted by Gasteiger charge is -2.21. The van der Waals surface area contributed by atoms with Crippen LogP contribution in [0.1, 0.15) is 23.3 Å². The minimum absolute atomic E-state index is 0.752. The van der Waals surface area contributed by atoms with Gasteiger partial charge in [0.1, 0.15) is 0 Å². The number of rotatable bonds is 5. The minimum atomic E-state index is 0.752. The fourth-order valence-electron chi connectivity index (χ4n) is 2.36. The number of nitrogens with zero attached hydrogens (tertiary/aromatic N) is 1. The molecule has 0 spiro atoms. The van der Waals surface area contributed by atoms with Crippen molar-refractivity contribution < 1.29 is 0 Å². The minimum Gasteiger partial charge on any atom is -0.399 e. The molecule has 0 saturated heterocycles. The van der Waals surface area contributed by atoms with Crippen LogP contribution in [0, 0.1) is 0 Å². The van der Waals surface area contributed by atoms with Crippen LogP contribution in [0.25, 0.3) is 0 Å². The van der Waals surface area contributed by atoms with Crippen molar-refractivity contribution in [3.8, 4) is 0 Å². The summed E-state index contributed by atoms with van der Waals surface area (Å²) in [5, 5.41) is 2.15. The Morgan fingerprint density at radius 2 is 2.11 bits per heavy atom. The monoisotopic (exact) mass is 336 g/mol. The summed E-state index contributed by atoms with van der Waals surface area (Å²) in [4.78, 5) is 4.00. The van der Waals surface area contributed by atoms with Crippen LogP contribution < -0.4 is 5.73 Å². The molecule has 2 aromatic rings. The molecule has 0 atom stereocenters. The number of hydrogen-bond acceptors (Lipinski definition) is 3. The quantitative estimate of drug-likeness (QED) is 0.826. The number of hydrogen-bond donors (Lipinski definition) is 1. The second-order valence-corrected chi connectivity index (χ2v) is 7.06. The highest BCUT2D eigenvalue weighted by molar-refractivity contribution is 9.10. The van der Waals surface area contributed by atoms with Crippen molar-refractivity contribution in [1.29, 1.82) is 0 Å². The van der Waals surface area contributed by atoms with Crippen LogP contribution in [0.3, 0.4) is 0 Å². The van der Waals surface area contributed by atoms with Gasteiger partial charge >= 0.3 is 0 Å². The lowest BCUT2D eigenvalue weighted by atomic mass is 10.2. The van der Waals surface area contributed by atoms with E-state index in [1.165, 1.54) is 23.3 Å². The van der Waals surface area contributed by atoms with Gasteiger partial charge in [-0.15, -0.1) is 11.3 Å².